The lowest BCUT2D eigenvalue weighted by Gasteiger charge is -2.29. The van der Waals surface area contributed by atoms with Crippen LogP contribution in [0.15, 0.2) is 59.5 Å². The summed E-state index contributed by atoms with van der Waals surface area (Å²) in [5.41, 5.74) is 2.18. The molecule has 1 aliphatic heterocycles. The van der Waals surface area contributed by atoms with Crippen molar-refractivity contribution in [2.24, 2.45) is 0 Å². The molecular weight excluding hydrogens is 410 g/mol. The first-order valence-corrected chi connectivity index (χ1v) is 12.5. The fourth-order valence-electron chi connectivity index (χ4n) is 3.84. The molecule has 1 heterocycles. The molecule has 1 atom stereocenters. The van der Waals surface area contributed by atoms with Gasteiger partial charge in [-0.05, 0) is 35.6 Å². The SMILES string of the molecule is CCc1ccc(S(=O)(=O)N(CCC(=O)N2CCNCC2)C[C@@H](C)c2ccccc2)cc1. The highest BCUT2D eigenvalue weighted by molar-refractivity contribution is 7.89. The number of piperazine rings is 1. The summed E-state index contributed by atoms with van der Waals surface area (Å²) in [5.74, 6) is 0.0237. The molecule has 2 aromatic rings. The van der Waals surface area contributed by atoms with Crippen LogP contribution in [0.1, 0.15) is 37.3 Å². The van der Waals surface area contributed by atoms with E-state index in [0.29, 0.717) is 19.6 Å². The van der Waals surface area contributed by atoms with E-state index in [1.807, 2.05) is 61.2 Å². The topological polar surface area (TPSA) is 69.7 Å². The molecule has 6 nitrogen and oxygen atoms in total. The van der Waals surface area contributed by atoms with E-state index in [1.54, 1.807) is 12.1 Å². The molecule has 1 saturated heterocycles. The minimum atomic E-state index is -3.71. The Bertz CT molecular complexity index is 940. The van der Waals surface area contributed by atoms with Crippen LogP contribution >= 0.6 is 0 Å². The van der Waals surface area contributed by atoms with Gasteiger partial charge in [0.05, 0.1) is 4.90 Å². The van der Waals surface area contributed by atoms with Crippen molar-refractivity contribution in [2.75, 3.05) is 39.3 Å². The van der Waals surface area contributed by atoms with Crippen molar-refractivity contribution in [3.05, 3.63) is 65.7 Å². The van der Waals surface area contributed by atoms with E-state index in [-0.39, 0.29) is 29.7 Å². The maximum absolute atomic E-state index is 13.5. The van der Waals surface area contributed by atoms with Gasteiger partial charge in [0, 0.05) is 45.7 Å². The summed E-state index contributed by atoms with van der Waals surface area (Å²) < 4.78 is 28.4. The van der Waals surface area contributed by atoms with Crippen molar-refractivity contribution in [2.45, 2.75) is 37.5 Å². The van der Waals surface area contributed by atoms with Gasteiger partial charge in [-0.1, -0.05) is 56.3 Å². The second kappa shape index (κ2) is 10.9. The molecule has 7 heteroatoms. The van der Waals surface area contributed by atoms with E-state index < -0.39 is 10.0 Å². The summed E-state index contributed by atoms with van der Waals surface area (Å²) in [6, 6.07) is 17.0. The fraction of sp³-hybridized carbons (Fsp3) is 0.458. The molecule has 0 aliphatic carbocycles. The largest absolute Gasteiger partial charge is 0.340 e. The van der Waals surface area contributed by atoms with Gasteiger partial charge in [0.15, 0.2) is 0 Å². The molecule has 168 valence electrons. The van der Waals surface area contributed by atoms with Gasteiger partial charge in [-0.25, -0.2) is 8.42 Å². The fourth-order valence-corrected chi connectivity index (χ4v) is 5.37. The van der Waals surface area contributed by atoms with Crippen LogP contribution in [0.3, 0.4) is 0 Å². The molecule has 1 aliphatic rings. The highest BCUT2D eigenvalue weighted by Crippen LogP contribution is 2.23. The predicted octanol–water partition coefficient (Wildman–Crippen LogP) is 2.87. The van der Waals surface area contributed by atoms with Crippen molar-refractivity contribution in [3.63, 3.8) is 0 Å². The van der Waals surface area contributed by atoms with Crippen molar-refractivity contribution in [3.8, 4) is 0 Å². The van der Waals surface area contributed by atoms with Crippen LogP contribution < -0.4 is 5.32 Å². The van der Waals surface area contributed by atoms with E-state index in [0.717, 1.165) is 30.6 Å². The molecule has 1 fully saturated rings. The van der Waals surface area contributed by atoms with Gasteiger partial charge in [0.25, 0.3) is 0 Å². The number of carbonyl (C=O) groups excluding carboxylic acids is 1. The Hall–Kier alpha value is -2.22. The summed E-state index contributed by atoms with van der Waals surface area (Å²) in [4.78, 5) is 14.8. The van der Waals surface area contributed by atoms with Crippen LogP contribution in [-0.2, 0) is 21.2 Å². The van der Waals surface area contributed by atoms with Crippen LogP contribution in [0.25, 0.3) is 0 Å². The molecule has 2 aromatic carbocycles. The summed E-state index contributed by atoms with van der Waals surface area (Å²) in [6.45, 7) is 7.48. The molecule has 31 heavy (non-hydrogen) atoms. The monoisotopic (exact) mass is 443 g/mol. The number of hydrogen-bond donors (Lipinski definition) is 1. The number of nitrogens with zero attached hydrogens (tertiary/aromatic N) is 2. The van der Waals surface area contributed by atoms with Crippen LogP contribution in [0.2, 0.25) is 0 Å². The molecule has 1 N–H and O–H groups in total. The lowest BCUT2D eigenvalue weighted by Crippen LogP contribution is -2.47. The average molecular weight is 444 g/mol. The zero-order valence-corrected chi connectivity index (χ0v) is 19.3. The second-order valence-corrected chi connectivity index (χ2v) is 9.99. The van der Waals surface area contributed by atoms with Crippen molar-refractivity contribution < 1.29 is 13.2 Å². The van der Waals surface area contributed by atoms with Gasteiger partial charge < -0.3 is 10.2 Å². The highest BCUT2D eigenvalue weighted by atomic mass is 32.2. The van der Waals surface area contributed by atoms with E-state index in [1.165, 1.54) is 4.31 Å². The number of aryl methyl sites for hydroxylation is 1. The number of rotatable bonds is 9. The molecule has 0 saturated carbocycles. The third-order valence-corrected chi connectivity index (χ3v) is 7.74. The zero-order chi connectivity index (χ0) is 22.3. The summed E-state index contributed by atoms with van der Waals surface area (Å²) in [5, 5.41) is 3.23. The number of sulfonamides is 1. The number of benzene rings is 2. The molecule has 1 amide bonds. The zero-order valence-electron chi connectivity index (χ0n) is 18.5. The van der Waals surface area contributed by atoms with Crippen molar-refractivity contribution >= 4 is 15.9 Å². The molecule has 0 radical (unpaired) electrons. The Morgan fingerprint density at radius 2 is 1.71 bits per heavy atom. The minimum Gasteiger partial charge on any atom is -0.340 e. The first-order chi connectivity index (χ1) is 14.9. The highest BCUT2D eigenvalue weighted by Gasteiger charge is 2.28. The smallest absolute Gasteiger partial charge is 0.243 e. The molecule has 0 spiro atoms. The van der Waals surface area contributed by atoms with Crippen LogP contribution in [0.4, 0.5) is 0 Å². The van der Waals surface area contributed by atoms with Crippen LogP contribution in [-0.4, -0.2) is 62.8 Å². The van der Waals surface area contributed by atoms with Crippen LogP contribution in [0, 0.1) is 0 Å². The lowest BCUT2D eigenvalue weighted by atomic mass is 10.0. The minimum absolute atomic E-state index is 0.00963. The third-order valence-electron chi connectivity index (χ3n) is 5.86. The van der Waals surface area contributed by atoms with Gasteiger partial charge in [-0.3, -0.25) is 4.79 Å². The molecule has 0 bridgehead atoms. The van der Waals surface area contributed by atoms with Crippen molar-refractivity contribution in [1.82, 2.24) is 14.5 Å². The number of nitrogens with one attached hydrogen (secondary N) is 1. The summed E-state index contributed by atoms with van der Waals surface area (Å²) in [7, 11) is -3.71. The normalized spacial score (nSPS) is 15.8. The summed E-state index contributed by atoms with van der Waals surface area (Å²) in [6.07, 6.45) is 1.04. The summed E-state index contributed by atoms with van der Waals surface area (Å²) >= 11 is 0. The Kier molecular flexibility index (Phi) is 8.23. The Morgan fingerprint density at radius 3 is 2.32 bits per heavy atom. The van der Waals surface area contributed by atoms with Gasteiger partial charge in [-0.2, -0.15) is 4.31 Å². The predicted molar refractivity (Wildman–Crippen MR) is 124 cm³/mol. The first kappa shape index (κ1) is 23.4. The van der Waals surface area contributed by atoms with E-state index in [9.17, 15) is 13.2 Å². The lowest BCUT2D eigenvalue weighted by molar-refractivity contribution is -0.131. The number of amides is 1. The van der Waals surface area contributed by atoms with Gasteiger partial charge in [0.1, 0.15) is 0 Å². The maximum Gasteiger partial charge on any atom is 0.243 e. The molecule has 0 aromatic heterocycles. The second-order valence-electron chi connectivity index (χ2n) is 8.05. The Morgan fingerprint density at radius 1 is 1.06 bits per heavy atom. The van der Waals surface area contributed by atoms with Crippen LogP contribution in [0.5, 0.6) is 0 Å². The van der Waals surface area contributed by atoms with E-state index >= 15 is 0 Å². The first-order valence-electron chi connectivity index (χ1n) is 11.0. The number of carbonyl (C=O) groups is 1. The van der Waals surface area contributed by atoms with E-state index in [2.05, 4.69) is 5.32 Å². The maximum atomic E-state index is 13.5. The van der Waals surface area contributed by atoms with Gasteiger partial charge >= 0.3 is 0 Å². The standard InChI is InChI=1S/C24H33N3O3S/c1-3-21-9-11-23(12-10-21)31(29,30)27(19-20(2)22-7-5-4-6-8-22)16-13-24(28)26-17-14-25-15-18-26/h4-12,20,25H,3,13-19H2,1-2H3/t20-/m1/s1. The number of hydrogen-bond acceptors (Lipinski definition) is 4. The quantitative estimate of drug-likeness (QED) is 0.647. The third kappa shape index (κ3) is 6.15. The van der Waals surface area contributed by atoms with E-state index in [4.69, 9.17) is 0 Å². The van der Waals surface area contributed by atoms with Gasteiger partial charge in [0.2, 0.25) is 15.9 Å². The van der Waals surface area contributed by atoms with Crippen molar-refractivity contribution in [1.29, 1.82) is 0 Å². The molecule has 3 rings (SSSR count). The Balaban J connectivity index is 1.79. The average Bonchev–Trinajstić information content (AvgIpc) is 2.82. The molecule has 0 unspecified atom stereocenters. The molecular formula is C24H33N3O3S. The Labute approximate surface area is 186 Å². The van der Waals surface area contributed by atoms with Gasteiger partial charge in [-0.15, -0.1) is 0 Å².